The molecule has 0 spiro atoms. The van der Waals surface area contributed by atoms with Gasteiger partial charge >= 0.3 is 0 Å². The first kappa shape index (κ1) is 17.8. The van der Waals surface area contributed by atoms with Gasteiger partial charge in [0.25, 0.3) is 10.0 Å². The Labute approximate surface area is 141 Å². The van der Waals surface area contributed by atoms with Gasteiger partial charge in [-0.3, -0.25) is 4.72 Å². The summed E-state index contributed by atoms with van der Waals surface area (Å²) in [6, 6.07) is 12.1. The fraction of sp³-hybridized carbons (Fsp3) is 0.235. The van der Waals surface area contributed by atoms with Crippen LogP contribution in [-0.4, -0.2) is 27.5 Å². The van der Waals surface area contributed by atoms with E-state index in [1.807, 2.05) is 26.0 Å². The molecule has 0 radical (unpaired) electrons. The molecule has 0 atom stereocenters. The highest BCUT2D eigenvalue weighted by atomic mass is 32.2. The van der Waals surface area contributed by atoms with Crippen LogP contribution in [0.2, 0.25) is 0 Å². The van der Waals surface area contributed by atoms with E-state index in [0.717, 1.165) is 24.8 Å². The van der Waals surface area contributed by atoms with Crippen LogP contribution < -0.4 is 14.7 Å². The average molecular weight is 347 g/mol. The van der Waals surface area contributed by atoms with Gasteiger partial charge in [-0.25, -0.2) is 8.42 Å². The molecule has 0 saturated heterocycles. The summed E-state index contributed by atoms with van der Waals surface area (Å²) in [4.78, 5) is 12.9. The Bertz CT molecular complexity index is 813. The third kappa shape index (κ3) is 4.05. The Morgan fingerprint density at radius 3 is 2.25 bits per heavy atom. The van der Waals surface area contributed by atoms with Gasteiger partial charge in [0, 0.05) is 24.5 Å². The van der Waals surface area contributed by atoms with E-state index in [-0.39, 0.29) is 10.5 Å². The van der Waals surface area contributed by atoms with Gasteiger partial charge in [0.15, 0.2) is 0 Å². The third-order valence-corrected chi connectivity index (χ3v) is 5.01. The first-order chi connectivity index (χ1) is 11.4. The lowest BCUT2D eigenvalue weighted by Crippen LogP contribution is -2.23. The fourth-order valence-corrected chi connectivity index (χ4v) is 3.44. The maximum atomic E-state index is 12.4. The summed E-state index contributed by atoms with van der Waals surface area (Å²) < 4.78 is 27.2. The van der Waals surface area contributed by atoms with Crippen molar-refractivity contribution in [3.8, 4) is 0 Å². The normalized spacial score (nSPS) is 11.1. The van der Waals surface area contributed by atoms with E-state index >= 15 is 0 Å². The Morgan fingerprint density at radius 1 is 1.08 bits per heavy atom. The molecule has 0 bridgehead atoms. The van der Waals surface area contributed by atoms with E-state index in [1.165, 1.54) is 18.2 Å². The largest absolute Gasteiger partial charge is 0.545 e. The van der Waals surface area contributed by atoms with Gasteiger partial charge in [0.1, 0.15) is 0 Å². The second-order valence-corrected chi connectivity index (χ2v) is 6.82. The molecule has 24 heavy (non-hydrogen) atoms. The summed E-state index contributed by atoms with van der Waals surface area (Å²) in [5, 5.41) is 10.9. The molecule has 2 aromatic carbocycles. The number of hydrogen-bond donors (Lipinski definition) is 1. The van der Waals surface area contributed by atoms with Crippen molar-refractivity contribution in [2.45, 2.75) is 18.7 Å². The van der Waals surface area contributed by atoms with Gasteiger partial charge in [-0.15, -0.1) is 0 Å². The van der Waals surface area contributed by atoms with Crippen molar-refractivity contribution in [3.05, 3.63) is 54.1 Å². The highest BCUT2D eigenvalue weighted by molar-refractivity contribution is 7.92. The molecule has 2 rings (SSSR count). The van der Waals surface area contributed by atoms with Gasteiger partial charge in [-0.1, -0.05) is 12.1 Å². The highest BCUT2D eigenvalue weighted by Gasteiger charge is 2.15. The monoisotopic (exact) mass is 347 g/mol. The fourth-order valence-electron chi connectivity index (χ4n) is 2.33. The molecule has 0 fully saturated rings. The van der Waals surface area contributed by atoms with Crippen LogP contribution in [0.15, 0.2) is 53.4 Å². The van der Waals surface area contributed by atoms with E-state index in [9.17, 15) is 18.3 Å². The molecular formula is C17H19N2O4S-. The molecule has 128 valence electrons. The lowest BCUT2D eigenvalue weighted by atomic mass is 10.2. The Kier molecular flexibility index (Phi) is 5.46. The van der Waals surface area contributed by atoms with E-state index in [2.05, 4.69) is 9.62 Å². The van der Waals surface area contributed by atoms with Crippen molar-refractivity contribution in [2.24, 2.45) is 0 Å². The lowest BCUT2D eigenvalue weighted by molar-refractivity contribution is -0.255. The number of carbonyl (C=O) groups excluding carboxylic acids is 1. The number of carboxylic acid groups (broad SMARTS) is 1. The van der Waals surface area contributed by atoms with Crippen LogP contribution in [0.5, 0.6) is 0 Å². The standard InChI is InChI=1S/C17H20N2O4S/c1-3-19(4-2)15-10-8-14(9-11-15)18-24(22,23)16-7-5-6-13(12-16)17(20)21/h5-12,18H,3-4H2,1-2H3,(H,20,21)/p-1. The van der Waals surface area contributed by atoms with Crippen LogP contribution in [0.1, 0.15) is 24.2 Å². The number of carboxylic acids is 1. The van der Waals surface area contributed by atoms with Crippen molar-refractivity contribution in [2.75, 3.05) is 22.7 Å². The molecule has 0 heterocycles. The minimum Gasteiger partial charge on any atom is -0.545 e. The first-order valence-corrected chi connectivity index (χ1v) is 9.05. The molecule has 0 aromatic heterocycles. The Hall–Kier alpha value is -2.54. The second-order valence-electron chi connectivity index (χ2n) is 5.14. The Balaban J connectivity index is 2.23. The molecule has 1 N–H and O–H groups in total. The number of carbonyl (C=O) groups is 1. The summed E-state index contributed by atoms with van der Waals surface area (Å²) in [7, 11) is -3.87. The van der Waals surface area contributed by atoms with Gasteiger partial charge < -0.3 is 14.8 Å². The second kappa shape index (κ2) is 7.35. The van der Waals surface area contributed by atoms with Crippen molar-refractivity contribution < 1.29 is 18.3 Å². The summed E-state index contributed by atoms with van der Waals surface area (Å²) in [6.45, 7) is 5.81. The number of aromatic carboxylic acids is 1. The minimum atomic E-state index is -3.87. The minimum absolute atomic E-state index is 0.128. The topological polar surface area (TPSA) is 89.5 Å². The molecule has 2 aromatic rings. The molecule has 7 heteroatoms. The summed E-state index contributed by atoms with van der Waals surface area (Å²) in [5.41, 5.74) is 1.22. The SMILES string of the molecule is CCN(CC)c1ccc(NS(=O)(=O)c2cccc(C(=O)[O-])c2)cc1. The van der Waals surface area contributed by atoms with Crippen LogP contribution in [0.4, 0.5) is 11.4 Å². The van der Waals surface area contributed by atoms with E-state index < -0.39 is 16.0 Å². The van der Waals surface area contributed by atoms with Crippen LogP contribution in [0, 0.1) is 0 Å². The van der Waals surface area contributed by atoms with Crippen molar-refractivity contribution in [1.29, 1.82) is 0 Å². The van der Waals surface area contributed by atoms with E-state index in [4.69, 9.17) is 0 Å². The summed E-state index contributed by atoms with van der Waals surface area (Å²) in [5.74, 6) is -1.42. The van der Waals surface area contributed by atoms with Crippen LogP contribution in [0.3, 0.4) is 0 Å². The zero-order valence-electron chi connectivity index (χ0n) is 13.5. The molecule has 0 aliphatic rings. The zero-order valence-corrected chi connectivity index (χ0v) is 14.3. The van der Waals surface area contributed by atoms with Gasteiger partial charge in [-0.2, -0.15) is 0 Å². The first-order valence-electron chi connectivity index (χ1n) is 7.56. The molecule has 6 nitrogen and oxygen atoms in total. The number of nitrogens with zero attached hydrogens (tertiary/aromatic N) is 1. The molecule has 0 aliphatic carbocycles. The lowest BCUT2D eigenvalue weighted by Gasteiger charge is -2.21. The maximum absolute atomic E-state index is 12.4. The van der Waals surface area contributed by atoms with Crippen LogP contribution in [0.25, 0.3) is 0 Å². The maximum Gasteiger partial charge on any atom is 0.261 e. The number of rotatable bonds is 7. The van der Waals surface area contributed by atoms with E-state index in [0.29, 0.717) is 5.69 Å². The third-order valence-electron chi connectivity index (χ3n) is 3.63. The number of benzene rings is 2. The van der Waals surface area contributed by atoms with Gasteiger partial charge in [0.2, 0.25) is 0 Å². The summed E-state index contributed by atoms with van der Waals surface area (Å²) >= 11 is 0. The van der Waals surface area contributed by atoms with Crippen LogP contribution >= 0.6 is 0 Å². The predicted molar refractivity (Wildman–Crippen MR) is 91.6 cm³/mol. The average Bonchev–Trinajstić information content (AvgIpc) is 2.57. The number of sulfonamides is 1. The zero-order chi connectivity index (χ0) is 17.7. The van der Waals surface area contributed by atoms with E-state index in [1.54, 1.807) is 12.1 Å². The molecule has 0 saturated carbocycles. The van der Waals surface area contributed by atoms with Crippen molar-refractivity contribution in [1.82, 2.24) is 0 Å². The Morgan fingerprint density at radius 2 is 1.71 bits per heavy atom. The molecular weight excluding hydrogens is 328 g/mol. The smallest absolute Gasteiger partial charge is 0.261 e. The van der Waals surface area contributed by atoms with Gasteiger partial charge in [0.05, 0.1) is 10.9 Å². The number of nitrogens with one attached hydrogen (secondary N) is 1. The number of hydrogen-bond acceptors (Lipinski definition) is 5. The molecule has 0 unspecified atom stereocenters. The molecule has 0 aliphatic heterocycles. The van der Waals surface area contributed by atoms with Crippen molar-refractivity contribution >= 4 is 27.4 Å². The number of anilines is 2. The molecule has 0 amide bonds. The summed E-state index contributed by atoms with van der Waals surface area (Å²) in [6.07, 6.45) is 0. The van der Waals surface area contributed by atoms with Crippen molar-refractivity contribution in [3.63, 3.8) is 0 Å². The predicted octanol–water partition coefficient (Wildman–Crippen LogP) is 1.70. The highest BCUT2D eigenvalue weighted by Crippen LogP contribution is 2.21. The van der Waals surface area contributed by atoms with Gasteiger partial charge in [-0.05, 0) is 55.8 Å². The van der Waals surface area contributed by atoms with Crippen LogP contribution in [-0.2, 0) is 10.0 Å². The quantitative estimate of drug-likeness (QED) is 0.823.